The van der Waals surface area contributed by atoms with E-state index in [-0.39, 0.29) is 5.90 Å². The van der Waals surface area contributed by atoms with Gasteiger partial charge in [-0.3, -0.25) is 9.63 Å². The third kappa shape index (κ3) is 3.74. The van der Waals surface area contributed by atoms with Crippen molar-refractivity contribution < 1.29 is 19.2 Å². The molecule has 2 amide bonds. The fourth-order valence-electron chi connectivity index (χ4n) is 0.483. The summed E-state index contributed by atoms with van der Waals surface area (Å²) < 4.78 is 4.62. The van der Waals surface area contributed by atoms with Gasteiger partial charge in [-0.1, -0.05) is 0 Å². The smallest absolute Gasteiger partial charge is 0.433 e. The van der Waals surface area contributed by atoms with Crippen molar-refractivity contribution in [3.8, 4) is 0 Å². The van der Waals surface area contributed by atoms with Gasteiger partial charge in [0.25, 0.3) is 0 Å². The molecule has 80 valence electrons. The summed E-state index contributed by atoms with van der Waals surface area (Å²) in [4.78, 5) is 27.4. The molecule has 0 aliphatic heterocycles. The molecule has 7 nitrogen and oxygen atoms in total. The number of carbonyl (C=O) groups is 2. The highest BCUT2D eigenvalue weighted by Gasteiger charge is 2.15. The maximum Gasteiger partial charge on any atom is 0.433 e. The zero-order chi connectivity index (χ0) is 11.1. The first-order valence-corrected chi connectivity index (χ1v) is 3.75. The molecule has 0 atom stereocenters. The lowest BCUT2D eigenvalue weighted by Crippen LogP contribution is -2.31. The van der Waals surface area contributed by atoms with Crippen LogP contribution in [0, 0.1) is 0 Å². The lowest BCUT2D eigenvalue weighted by Gasteiger charge is -2.09. The Morgan fingerprint density at radius 2 is 1.93 bits per heavy atom. The van der Waals surface area contributed by atoms with Crippen LogP contribution in [0.4, 0.5) is 4.79 Å². The fourth-order valence-corrected chi connectivity index (χ4v) is 0.483. The first-order chi connectivity index (χ1) is 6.52. The molecule has 0 aromatic carbocycles. The van der Waals surface area contributed by atoms with Crippen molar-refractivity contribution >= 4 is 17.9 Å². The number of rotatable bonds is 1. The number of hydrogen-bond acceptors (Lipinski definition) is 5. The van der Waals surface area contributed by atoms with Crippen LogP contribution in [0.1, 0.15) is 0 Å². The molecule has 7 heteroatoms. The number of hydrogen-bond donors (Lipinski definition) is 1. The van der Waals surface area contributed by atoms with Crippen LogP contribution in [0.25, 0.3) is 0 Å². The molecular weight excluding hydrogens is 190 g/mol. The maximum atomic E-state index is 11.2. The van der Waals surface area contributed by atoms with Gasteiger partial charge in [0, 0.05) is 21.1 Å². The fraction of sp³-hybridized carbons (Fsp3) is 0.571. The van der Waals surface area contributed by atoms with E-state index in [0.717, 1.165) is 0 Å². The Balaban J connectivity index is 4.40. The summed E-state index contributed by atoms with van der Waals surface area (Å²) in [6.45, 7) is 0. The summed E-state index contributed by atoms with van der Waals surface area (Å²) in [7, 11) is 5.68. The quantitative estimate of drug-likeness (QED) is 0.267. The molecule has 0 rings (SSSR count). The van der Waals surface area contributed by atoms with E-state index in [1.807, 2.05) is 0 Å². The van der Waals surface area contributed by atoms with Gasteiger partial charge in [0.2, 0.25) is 0 Å². The molecule has 0 saturated heterocycles. The summed E-state index contributed by atoms with van der Waals surface area (Å²) in [6, 6.07) is 0. The second-order valence-corrected chi connectivity index (χ2v) is 2.43. The van der Waals surface area contributed by atoms with Gasteiger partial charge < -0.3 is 15.0 Å². The Kier molecular flexibility index (Phi) is 5.05. The van der Waals surface area contributed by atoms with Gasteiger partial charge in [-0.05, 0) is 5.16 Å². The van der Waals surface area contributed by atoms with Crippen LogP contribution in [0.15, 0.2) is 5.16 Å². The van der Waals surface area contributed by atoms with Gasteiger partial charge in [0.15, 0.2) is 0 Å². The lowest BCUT2D eigenvalue weighted by atomic mass is 10.5. The number of methoxy groups -OCH3 is 1. The molecule has 0 heterocycles. The number of carbonyl (C=O) groups excluding carboxylic acids is 2. The Morgan fingerprint density at radius 3 is 2.29 bits per heavy atom. The second-order valence-electron chi connectivity index (χ2n) is 2.43. The first-order valence-electron chi connectivity index (χ1n) is 3.75. The number of oxime groups is 1. The molecule has 0 aromatic rings. The monoisotopic (exact) mass is 203 g/mol. The molecule has 0 fully saturated rings. The third-order valence-corrected chi connectivity index (χ3v) is 1.20. The van der Waals surface area contributed by atoms with Gasteiger partial charge >= 0.3 is 17.9 Å². The molecule has 0 radical (unpaired) electrons. The minimum Gasteiger partial charge on any atom is -0.475 e. The van der Waals surface area contributed by atoms with Crippen molar-refractivity contribution in [2.75, 3.05) is 28.3 Å². The van der Waals surface area contributed by atoms with Crippen molar-refractivity contribution in [1.29, 1.82) is 0 Å². The predicted octanol–water partition coefficient (Wildman–Crippen LogP) is -0.610. The lowest BCUT2D eigenvalue weighted by molar-refractivity contribution is -0.123. The molecule has 1 N–H and O–H groups in total. The minimum absolute atomic E-state index is 0.293. The van der Waals surface area contributed by atoms with Gasteiger partial charge in [-0.15, -0.1) is 0 Å². The third-order valence-electron chi connectivity index (χ3n) is 1.20. The molecule has 14 heavy (non-hydrogen) atoms. The highest BCUT2D eigenvalue weighted by Crippen LogP contribution is 1.89. The van der Waals surface area contributed by atoms with E-state index in [2.05, 4.69) is 20.0 Å². The van der Waals surface area contributed by atoms with Crippen LogP contribution in [0.5, 0.6) is 0 Å². The summed E-state index contributed by atoms with van der Waals surface area (Å²) in [5.74, 6) is -0.782. The maximum absolute atomic E-state index is 11.2. The summed E-state index contributed by atoms with van der Waals surface area (Å²) in [6.07, 6.45) is -0.772. The average molecular weight is 203 g/mol. The number of ether oxygens (including phenoxy) is 1. The van der Waals surface area contributed by atoms with E-state index in [4.69, 9.17) is 0 Å². The van der Waals surface area contributed by atoms with Crippen LogP contribution in [0.2, 0.25) is 0 Å². The normalized spacial score (nSPS) is 10.4. The summed E-state index contributed by atoms with van der Waals surface area (Å²) in [5.41, 5.74) is 0. The standard InChI is InChI=1S/C7H13N3O4/c1-8-7(12)14-9-5(13-4)6(11)10(2)3/h1-4H3,(H,8,12). The Morgan fingerprint density at radius 1 is 1.36 bits per heavy atom. The van der Waals surface area contributed by atoms with Crippen LogP contribution in [-0.4, -0.2) is 51.1 Å². The van der Waals surface area contributed by atoms with Crippen molar-refractivity contribution in [2.24, 2.45) is 5.16 Å². The summed E-state index contributed by atoms with van der Waals surface area (Å²) >= 11 is 0. The topological polar surface area (TPSA) is 80.2 Å². The minimum atomic E-state index is -0.772. The average Bonchev–Trinajstić information content (AvgIpc) is 2.17. The number of nitrogens with one attached hydrogen (secondary N) is 1. The predicted molar refractivity (Wildman–Crippen MR) is 48.7 cm³/mol. The van der Waals surface area contributed by atoms with Crippen LogP contribution in [-0.2, 0) is 14.4 Å². The highest BCUT2D eigenvalue weighted by molar-refractivity contribution is 6.34. The van der Waals surface area contributed by atoms with Crippen LogP contribution in [0.3, 0.4) is 0 Å². The van der Waals surface area contributed by atoms with E-state index >= 15 is 0 Å². The molecule has 0 aliphatic rings. The molecule has 0 unspecified atom stereocenters. The zero-order valence-electron chi connectivity index (χ0n) is 8.53. The second kappa shape index (κ2) is 5.79. The van der Waals surface area contributed by atoms with Gasteiger partial charge in [0.1, 0.15) is 0 Å². The van der Waals surface area contributed by atoms with Crippen molar-refractivity contribution in [2.45, 2.75) is 0 Å². The van der Waals surface area contributed by atoms with Crippen LogP contribution < -0.4 is 5.32 Å². The number of likely N-dealkylation sites (N-methyl/N-ethyl adjacent to an activating group) is 1. The first kappa shape index (κ1) is 12.2. The van der Waals surface area contributed by atoms with Gasteiger partial charge in [-0.2, -0.15) is 0 Å². The Labute approximate surface area is 81.6 Å². The van der Waals surface area contributed by atoms with Crippen LogP contribution >= 0.6 is 0 Å². The van der Waals surface area contributed by atoms with E-state index in [9.17, 15) is 9.59 Å². The van der Waals surface area contributed by atoms with E-state index in [0.29, 0.717) is 0 Å². The molecule has 0 aromatic heterocycles. The van der Waals surface area contributed by atoms with E-state index in [1.54, 1.807) is 0 Å². The number of amides is 2. The number of nitrogens with zero attached hydrogens (tertiary/aromatic N) is 2. The molecule has 0 spiro atoms. The van der Waals surface area contributed by atoms with E-state index < -0.39 is 12.0 Å². The largest absolute Gasteiger partial charge is 0.475 e. The van der Waals surface area contributed by atoms with Gasteiger partial charge in [0.05, 0.1) is 7.11 Å². The molecular formula is C7H13N3O4. The molecule has 0 aliphatic carbocycles. The van der Waals surface area contributed by atoms with Gasteiger partial charge in [-0.25, -0.2) is 4.79 Å². The molecule has 0 bridgehead atoms. The Hall–Kier alpha value is -1.79. The highest BCUT2D eigenvalue weighted by atomic mass is 16.7. The van der Waals surface area contributed by atoms with Crippen molar-refractivity contribution in [3.05, 3.63) is 0 Å². The zero-order valence-corrected chi connectivity index (χ0v) is 8.53. The SMILES string of the molecule is CNC(=O)ON=C(OC)C(=O)N(C)C. The Bertz CT molecular complexity index is 249. The van der Waals surface area contributed by atoms with E-state index in [1.165, 1.54) is 33.2 Å². The van der Waals surface area contributed by atoms with Crippen molar-refractivity contribution in [3.63, 3.8) is 0 Å². The van der Waals surface area contributed by atoms with Crippen molar-refractivity contribution in [1.82, 2.24) is 10.2 Å². The molecule has 0 saturated carbocycles. The summed E-state index contributed by atoms with van der Waals surface area (Å²) in [5, 5.41) is 5.39.